The maximum Gasteiger partial charge on any atom is 0.495 e. The molecule has 0 amide bonds. The van der Waals surface area contributed by atoms with E-state index in [1.165, 1.54) is 24.3 Å². The number of hydrogen-bond donors (Lipinski definition) is 0. The molecule has 3 nitrogen and oxygen atoms in total. The molecular weight excluding hydrogens is 201 g/mol. The first kappa shape index (κ1) is 10.4. The smallest absolute Gasteiger partial charge is 0.287 e. The summed E-state index contributed by atoms with van der Waals surface area (Å²) in [5.41, 5.74) is 0. The van der Waals surface area contributed by atoms with Gasteiger partial charge >= 0.3 is 12.1 Å². The van der Waals surface area contributed by atoms with Crippen molar-refractivity contribution in [3.05, 3.63) is 30.3 Å². The lowest BCUT2D eigenvalue weighted by Gasteiger charge is -2.05. The molecule has 0 saturated heterocycles. The molecule has 0 N–H and O–H groups in total. The van der Waals surface area contributed by atoms with Crippen molar-refractivity contribution in [1.29, 1.82) is 0 Å². The van der Waals surface area contributed by atoms with Gasteiger partial charge in [0.05, 0.1) is 0 Å². The number of hydrogen-bond acceptors (Lipinski definition) is 3. The van der Waals surface area contributed by atoms with Crippen molar-refractivity contribution >= 4 is 5.97 Å². The zero-order valence-electron chi connectivity index (χ0n) is 6.75. The van der Waals surface area contributed by atoms with E-state index >= 15 is 0 Å². The van der Waals surface area contributed by atoms with Crippen LogP contribution in [0.25, 0.3) is 0 Å². The second-order valence-corrected chi connectivity index (χ2v) is 2.26. The Morgan fingerprint density at radius 1 is 1.14 bits per heavy atom. The van der Waals surface area contributed by atoms with Crippen LogP contribution < -0.4 is 4.89 Å². The SMILES string of the molecule is O=C(OOc1ccccc1)C(F)(F)F. The molecule has 0 radical (unpaired) electrons. The van der Waals surface area contributed by atoms with E-state index in [1.54, 1.807) is 6.07 Å². The summed E-state index contributed by atoms with van der Waals surface area (Å²) in [6, 6.07) is 7.39. The van der Waals surface area contributed by atoms with E-state index in [9.17, 15) is 18.0 Å². The summed E-state index contributed by atoms with van der Waals surface area (Å²) in [6.07, 6.45) is -5.05. The van der Waals surface area contributed by atoms with Crippen LogP contribution in [0.4, 0.5) is 13.2 Å². The van der Waals surface area contributed by atoms with Gasteiger partial charge in [-0.25, -0.2) is 9.68 Å². The number of benzene rings is 1. The molecule has 0 aliphatic heterocycles. The summed E-state index contributed by atoms with van der Waals surface area (Å²) in [4.78, 5) is 17.8. The Bertz CT molecular complexity index is 307. The zero-order chi connectivity index (χ0) is 10.6. The first-order valence-electron chi connectivity index (χ1n) is 3.51. The largest absolute Gasteiger partial charge is 0.495 e. The highest BCUT2D eigenvalue weighted by Crippen LogP contribution is 2.17. The van der Waals surface area contributed by atoms with Crippen LogP contribution in [-0.4, -0.2) is 12.1 Å². The van der Waals surface area contributed by atoms with Crippen molar-refractivity contribution < 1.29 is 27.7 Å². The Labute approximate surface area is 77.0 Å². The highest BCUT2D eigenvalue weighted by Gasteiger charge is 2.42. The minimum atomic E-state index is -5.05. The molecule has 0 aromatic heterocycles. The van der Waals surface area contributed by atoms with Crippen molar-refractivity contribution in [2.75, 3.05) is 0 Å². The fraction of sp³-hybridized carbons (Fsp3) is 0.125. The molecule has 6 heteroatoms. The molecule has 76 valence electrons. The van der Waals surface area contributed by atoms with Gasteiger partial charge < -0.3 is 0 Å². The van der Waals surface area contributed by atoms with Crippen LogP contribution in [0.5, 0.6) is 5.75 Å². The summed E-state index contributed by atoms with van der Waals surface area (Å²) >= 11 is 0. The van der Waals surface area contributed by atoms with E-state index in [1.807, 2.05) is 0 Å². The number of halogens is 3. The van der Waals surface area contributed by atoms with Crippen LogP contribution in [0.2, 0.25) is 0 Å². The van der Waals surface area contributed by atoms with Gasteiger partial charge in [0.15, 0.2) is 5.75 Å². The molecule has 1 aromatic carbocycles. The summed E-state index contributed by atoms with van der Waals surface area (Å²) in [5, 5.41) is 0. The fourth-order valence-corrected chi connectivity index (χ4v) is 0.609. The molecule has 0 aliphatic carbocycles. The van der Waals surface area contributed by atoms with Crippen molar-refractivity contribution in [2.24, 2.45) is 0 Å². The highest BCUT2D eigenvalue weighted by molar-refractivity contribution is 5.75. The number of alkyl halides is 3. The first-order valence-corrected chi connectivity index (χ1v) is 3.51. The van der Waals surface area contributed by atoms with Gasteiger partial charge in [0, 0.05) is 0 Å². The van der Waals surface area contributed by atoms with Gasteiger partial charge in [-0.05, 0) is 12.1 Å². The lowest BCUT2D eigenvalue weighted by Crippen LogP contribution is -2.26. The van der Waals surface area contributed by atoms with Crippen LogP contribution >= 0.6 is 0 Å². The van der Waals surface area contributed by atoms with Gasteiger partial charge in [-0.15, -0.1) is 0 Å². The molecule has 0 aliphatic rings. The molecule has 0 atom stereocenters. The topological polar surface area (TPSA) is 35.5 Å². The van der Waals surface area contributed by atoms with Gasteiger partial charge in [0.2, 0.25) is 0 Å². The monoisotopic (exact) mass is 206 g/mol. The second-order valence-electron chi connectivity index (χ2n) is 2.26. The first-order chi connectivity index (χ1) is 6.50. The minimum absolute atomic E-state index is 0.0186. The summed E-state index contributed by atoms with van der Waals surface area (Å²) < 4.78 is 34.8. The van der Waals surface area contributed by atoms with Gasteiger partial charge in [-0.3, -0.25) is 4.89 Å². The predicted molar refractivity (Wildman–Crippen MR) is 39.2 cm³/mol. The molecule has 0 heterocycles. The second kappa shape index (κ2) is 3.99. The van der Waals surface area contributed by atoms with E-state index in [2.05, 4.69) is 9.78 Å². The van der Waals surface area contributed by atoms with Gasteiger partial charge in [0.1, 0.15) is 0 Å². The molecule has 14 heavy (non-hydrogen) atoms. The molecule has 1 rings (SSSR count). The lowest BCUT2D eigenvalue weighted by atomic mass is 10.3. The third kappa shape index (κ3) is 2.96. The minimum Gasteiger partial charge on any atom is -0.287 e. The number of para-hydroxylation sites is 1. The Kier molecular flexibility index (Phi) is 2.95. The summed E-state index contributed by atoms with van der Waals surface area (Å²) in [5.74, 6) is -2.37. The number of rotatable bonds is 2. The molecule has 0 fully saturated rings. The Balaban J connectivity index is 2.46. The van der Waals surface area contributed by atoms with Crippen molar-refractivity contribution in [3.63, 3.8) is 0 Å². The van der Waals surface area contributed by atoms with E-state index in [-0.39, 0.29) is 5.75 Å². The number of carbonyl (C=O) groups is 1. The van der Waals surface area contributed by atoms with Crippen LogP contribution in [0, 0.1) is 0 Å². The lowest BCUT2D eigenvalue weighted by molar-refractivity contribution is -0.257. The third-order valence-corrected chi connectivity index (χ3v) is 1.19. The normalized spacial score (nSPS) is 10.8. The molecule has 0 bridgehead atoms. The van der Waals surface area contributed by atoms with Gasteiger partial charge in [-0.2, -0.15) is 13.2 Å². The van der Waals surface area contributed by atoms with E-state index < -0.39 is 12.1 Å². The average Bonchev–Trinajstić information content (AvgIpc) is 2.14. The van der Waals surface area contributed by atoms with Crippen LogP contribution in [0.1, 0.15) is 0 Å². The number of carbonyl (C=O) groups excluding carboxylic acids is 1. The van der Waals surface area contributed by atoms with E-state index in [0.717, 1.165) is 0 Å². The van der Waals surface area contributed by atoms with Crippen LogP contribution in [-0.2, 0) is 9.68 Å². The molecule has 0 saturated carbocycles. The van der Waals surface area contributed by atoms with E-state index in [0.29, 0.717) is 0 Å². The van der Waals surface area contributed by atoms with Crippen molar-refractivity contribution in [3.8, 4) is 5.75 Å². The van der Waals surface area contributed by atoms with Crippen LogP contribution in [0.15, 0.2) is 30.3 Å². The van der Waals surface area contributed by atoms with E-state index in [4.69, 9.17) is 0 Å². The van der Waals surface area contributed by atoms with Crippen molar-refractivity contribution in [1.82, 2.24) is 0 Å². The predicted octanol–water partition coefficient (Wildman–Crippen LogP) is 2.09. The highest BCUT2D eigenvalue weighted by atomic mass is 19.4. The Morgan fingerprint density at radius 2 is 1.71 bits per heavy atom. The zero-order valence-corrected chi connectivity index (χ0v) is 6.75. The maximum absolute atomic E-state index is 11.6. The average molecular weight is 206 g/mol. The van der Waals surface area contributed by atoms with Crippen LogP contribution in [0.3, 0.4) is 0 Å². The summed E-state index contributed by atoms with van der Waals surface area (Å²) in [7, 11) is 0. The Morgan fingerprint density at radius 3 is 2.21 bits per heavy atom. The molecule has 1 aromatic rings. The van der Waals surface area contributed by atoms with Crippen molar-refractivity contribution in [2.45, 2.75) is 6.18 Å². The molecular formula is C8H5F3O3. The summed E-state index contributed by atoms with van der Waals surface area (Å²) in [6.45, 7) is 0. The maximum atomic E-state index is 11.6. The van der Waals surface area contributed by atoms with Gasteiger partial charge in [0.25, 0.3) is 0 Å². The standard InChI is InChI=1S/C8H5F3O3/c9-8(10,11)7(12)14-13-6-4-2-1-3-5-6/h1-5H. The quantitative estimate of drug-likeness (QED) is 0.549. The molecule has 0 unspecified atom stereocenters. The van der Waals surface area contributed by atoms with Gasteiger partial charge in [-0.1, -0.05) is 18.2 Å². The third-order valence-electron chi connectivity index (χ3n) is 1.19. The Hall–Kier alpha value is -1.72. The molecule has 0 spiro atoms. The fourth-order valence-electron chi connectivity index (χ4n) is 0.609.